The van der Waals surface area contributed by atoms with Gasteiger partial charge in [0.2, 0.25) is 6.41 Å². The van der Waals surface area contributed by atoms with Crippen molar-refractivity contribution in [2.75, 3.05) is 58.3 Å². The van der Waals surface area contributed by atoms with Crippen LogP contribution in [0.25, 0.3) is 0 Å². The number of nitrogens with one attached hydrogen (secondary N) is 3. The van der Waals surface area contributed by atoms with E-state index in [1.807, 2.05) is 7.05 Å². The number of hydrogen-bond donors (Lipinski definition) is 3. The standard InChI is InChI=1S/C20H28N6O4/c1-24-11-15(9-16(12-24)22-14-27)19(28)23-17-10-18(25(2)13-17)20(29)21-3-4-26-5-7-30-8-6-26/h9-10,12-14H,3-8,11H2,1-2H3,(H,21,29)(H,22,27)(H,23,28). The highest BCUT2D eigenvalue weighted by Gasteiger charge is 2.18. The van der Waals surface area contributed by atoms with Crippen molar-refractivity contribution in [3.05, 3.63) is 41.5 Å². The van der Waals surface area contributed by atoms with Crippen LogP contribution in [0.4, 0.5) is 5.69 Å². The van der Waals surface area contributed by atoms with E-state index >= 15 is 0 Å². The Hall–Kier alpha value is -3.11. The third-order valence-corrected chi connectivity index (χ3v) is 4.94. The Morgan fingerprint density at radius 1 is 1.20 bits per heavy atom. The van der Waals surface area contributed by atoms with Gasteiger partial charge in [0, 0.05) is 64.8 Å². The van der Waals surface area contributed by atoms with Crippen molar-refractivity contribution in [2.45, 2.75) is 0 Å². The summed E-state index contributed by atoms with van der Waals surface area (Å²) in [6.07, 6.45) is 5.64. The zero-order valence-corrected chi connectivity index (χ0v) is 17.3. The molecule has 2 aliphatic rings. The fourth-order valence-corrected chi connectivity index (χ4v) is 3.42. The number of likely N-dealkylation sites (N-methyl/N-ethyl adjacent to an activating group) is 1. The first-order valence-electron chi connectivity index (χ1n) is 9.85. The second kappa shape index (κ2) is 10.1. The maximum atomic E-state index is 12.6. The van der Waals surface area contributed by atoms with E-state index in [4.69, 9.17) is 4.74 Å². The van der Waals surface area contributed by atoms with E-state index in [1.54, 1.807) is 41.1 Å². The normalized spacial score (nSPS) is 17.1. The molecule has 10 nitrogen and oxygen atoms in total. The third-order valence-electron chi connectivity index (χ3n) is 4.94. The van der Waals surface area contributed by atoms with Gasteiger partial charge in [-0.25, -0.2) is 0 Å². The number of ether oxygens (including phenoxy) is 1. The first-order valence-corrected chi connectivity index (χ1v) is 9.85. The van der Waals surface area contributed by atoms with E-state index in [2.05, 4.69) is 20.9 Å². The minimum atomic E-state index is -0.287. The van der Waals surface area contributed by atoms with Gasteiger partial charge in [-0.15, -0.1) is 0 Å². The van der Waals surface area contributed by atoms with Crippen LogP contribution in [0.5, 0.6) is 0 Å². The van der Waals surface area contributed by atoms with Gasteiger partial charge >= 0.3 is 0 Å². The molecule has 3 amide bonds. The average Bonchev–Trinajstić information content (AvgIpc) is 3.08. The molecule has 1 aromatic heterocycles. The van der Waals surface area contributed by atoms with E-state index in [-0.39, 0.29) is 11.8 Å². The predicted molar refractivity (Wildman–Crippen MR) is 112 cm³/mol. The fourth-order valence-electron chi connectivity index (χ4n) is 3.42. The molecule has 2 aliphatic heterocycles. The topological polar surface area (TPSA) is 108 Å². The Morgan fingerprint density at radius 3 is 2.70 bits per heavy atom. The number of nitrogens with zero attached hydrogens (tertiary/aromatic N) is 3. The van der Waals surface area contributed by atoms with Gasteiger partial charge in [-0.05, 0) is 12.1 Å². The highest BCUT2D eigenvalue weighted by Crippen LogP contribution is 2.16. The molecule has 0 aromatic carbocycles. The molecule has 3 rings (SSSR count). The van der Waals surface area contributed by atoms with Gasteiger partial charge in [-0.2, -0.15) is 0 Å². The highest BCUT2D eigenvalue weighted by molar-refractivity contribution is 6.05. The SMILES string of the molecule is CN1C=C(NC=O)C=C(C(=O)Nc2cc(C(=O)NCCN3CCOCC3)n(C)c2)C1. The van der Waals surface area contributed by atoms with Crippen LogP contribution in [0.2, 0.25) is 0 Å². The number of aryl methyl sites for hydroxylation is 1. The molecule has 1 saturated heterocycles. The molecule has 3 N–H and O–H groups in total. The summed E-state index contributed by atoms with van der Waals surface area (Å²) in [5, 5.41) is 8.29. The number of carbonyl (C=O) groups excluding carboxylic acids is 3. The summed E-state index contributed by atoms with van der Waals surface area (Å²) >= 11 is 0. The molecule has 0 unspecified atom stereocenters. The molecular formula is C20H28N6O4. The molecule has 3 heterocycles. The highest BCUT2D eigenvalue weighted by atomic mass is 16.5. The number of rotatable bonds is 8. The van der Waals surface area contributed by atoms with Crippen LogP contribution < -0.4 is 16.0 Å². The van der Waals surface area contributed by atoms with Crippen molar-refractivity contribution >= 4 is 23.9 Å². The Morgan fingerprint density at radius 2 is 1.97 bits per heavy atom. The number of amides is 3. The molecule has 0 bridgehead atoms. The van der Waals surface area contributed by atoms with Gasteiger partial charge < -0.3 is 30.2 Å². The fraction of sp³-hybridized carbons (Fsp3) is 0.450. The van der Waals surface area contributed by atoms with Crippen molar-refractivity contribution in [1.82, 2.24) is 25.0 Å². The van der Waals surface area contributed by atoms with E-state index in [0.717, 1.165) is 32.8 Å². The Bertz CT molecular complexity index is 853. The van der Waals surface area contributed by atoms with E-state index < -0.39 is 0 Å². The minimum absolute atomic E-state index is 0.191. The zero-order valence-electron chi connectivity index (χ0n) is 17.3. The molecule has 0 radical (unpaired) electrons. The van der Waals surface area contributed by atoms with Gasteiger partial charge in [0.05, 0.1) is 24.6 Å². The maximum Gasteiger partial charge on any atom is 0.268 e. The van der Waals surface area contributed by atoms with Gasteiger partial charge in [0.1, 0.15) is 5.69 Å². The van der Waals surface area contributed by atoms with Gasteiger partial charge in [0.25, 0.3) is 11.8 Å². The van der Waals surface area contributed by atoms with Gasteiger partial charge in [-0.3, -0.25) is 19.3 Å². The van der Waals surface area contributed by atoms with Crippen LogP contribution in [0.15, 0.2) is 35.8 Å². The van der Waals surface area contributed by atoms with Gasteiger partial charge in [0.15, 0.2) is 0 Å². The van der Waals surface area contributed by atoms with Crippen molar-refractivity contribution in [2.24, 2.45) is 7.05 Å². The summed E-state index contributed by atoms with van der Waals surface area (Å²) < 4.78 is 7.00. The van der Waals surface area contributed by atoms with Crippen molar-refractivity contribution in [1.29, 1.82) is 0 Å². The van der Waals surface area contributed by atoms with Crippen LogP contribution in [0.1, 0.15) is 10.5 Å². The second-order valence-electron chi connectivity index (χ2n) is 7.32. The quantitative estimate of drug-likeness (QED) is 0.493. The smallest absolute Gasteiger partial charge is 0.268 e. The monoisotopic (exact) mass is 416 g/mol. The van der Waals surface area contributed by atoms with E-state index in [1.165, 1.54) is 0 Å². The number of anilines is 1. The predicted octanol–water partition coefficient (Wildman–Crippen LogP) is -0.515. The molecule has 0 aliphatic carbocycles. The van der Waals surface area contributed by atoms with Crippen molar-refractivity contribution < 1.29 is 19.1 Å². The first kappa shape index (κ1) is 21.6. The molecule has 162 valence electrons. The van der Waals surface area contributed by atoms with Crippen LogP contribution in [-0.2, 0) is 21.4 Å². The van der Waals surface area contributed by atoms with Crippen molar-refractivity contribution in [3.8, 4) is 0 Å². The molecule has 1 fully saturated rings. The zero-order chi connectivity index (χ0) is 21.5. The first-order chi connectivity index (χ1) is 14.5. The molecule has 0 saturated carbocycles. The van der Waals surface area contributed by atoms with Crippen LogP contribution >= 0.6 is 0 Å². The molecule has 30 heavy (non-hydrogen) atoms. The number of morpholine rings is 1. The van der Waals surface area contributed by atoms with E-state index in [0.29, 0.717) is 42.2 Å². The lowest BCUT2D eigenvalue weighted by Gasteiger charge is -2.26. The number of hydrogen-bond acceptors (Lipinski definition) is 6. The van der Waals surface area contributed by atoms with Gasteiger partial charge in [-0.1, -0.05) is 0 Å². The number of allylic oxidation sites excluding steroid dienone is 1. The molecular weight excluding hydrogens is 388 g/mol. The Balaban J connectivity index is 1.56. The van der Waals surface area contributed by atoms with Crippen LogP contribution in [0.3, 0.4) is 0 Å². The lowest BCUT2D eigenvalue weighted by Crippen LogP contribution is -2.41. The summed E-state index contributed by atoms with van der Waals surface area (Å²) in [6.45, 7) is 4.94. The summed E-state index contributed by atoms with van der Waals surface area (Å²) in [7, 11) is 3.57. The maximum absolute atomic E-state index is 12.6. The second-order valence-corrected chi connectivity index (χ2v) is 7.32. The third kappa shape index (κ3) is 5.71. The molecule has 1 aromatic rings. The molecule has 0 spiro atoms. The average molecular weight is 416 g/mol. The largest absolute Gasteiger partial charge is 0.379 e. The Labute approximate surface area is 175 Å². The number of aromatic nitrogens is 1. The van der Waals surface area contributed by atoms with Crippen LogP contribution in [-0.4, -0.2) is 85.6 Å². The summed E-state index contributed by atoms with van der Waals surface area (Å²) in [5.74, 6) is -0.478. The van der Waals surface area contributed by atoms with Crippen LogP contribution in [0, 0.1) is 0 Å². The summed E-state index contributed by atoms with van der Waals surface area (Å²) in [4.78, 5) is 39.9. The van der Waals surface area contributed by atoms with Crippen molar-refractivity contribution in [3.63, 3.8) is 0 Å². The molecule has 0 atom stereocenters. The van der Waals surface area contributed by atoms with E-state index in [9.17, 15) is 14.4 Å². The molecule has 10 heteroatoms. The Kier molecular flexibility index (Phi) is 7.26. The number of carbonyl (C=O) groups is 3. The summed E-state index contributed by atoms with van der Waals surface area (Å²) in [5.41, 5.74) is 2.04. The lowest BCUT2D eigenvalue weighted by atomic mass is 10.1. The summed E-state index contributed by atoms with van der Waals surface area (Å²) in [6, 6.07) is 1.65. The lowest BCUT2D eigenvalue weighted by molar-refractivity contribution is -0.113. The minimum Gasteiger partial charge on any atom is -0.379 e.